The van der Waals surface area contributed by atoms with Crippen LogP contribution >= 0.6 is 0 Å². The Morgan fingerprint density at radius 1 is 1.04 bits per heavy atom. The van der Waals surface area contributed by atoms with Crippen LogP contribution in [0, 0.1) is 24.4 Å². The molecule has 0 aliphatic carbocycles. The van der Waals surface area contributed by atoms with Gasteiger partial charge < -0.3 is 10.6 Å². The van der Waals surface area contributed by atoms with E-state index in [1.165, 1.54) is 12.1 Å². The maximum Gasteiger partial charge on any atom is 0.315 e. The maximum absolute atomic E-state index is 13.4. The number of rotatable bonds is 4. The highest BCUT2D eigenvalue weighted by Gasteiger charge is 2.12. The van der Waals surface area contributed by atoms with Gasteiger partial charge in [-0.2, -0.15) is 0 Å². The molecule has 0 bridgehead atoms. The normalized spacial score (nSPS) is 11.9. The standard InChI is InChI=1S/C17H17F3N2O/c1-10-3-4-12(7-15(10)19)9-21-17(23)22-11(2)13-5-6-14(18)16(20)8-13/h3-8,11H,9H2,1-2H3,(H2,21,22,23). The molecule has 23 heavy (non-hydrogen) atoms. The summed E-state index contributed by atoms with van der Waals surface area (Å²) >= 11 is 0. The zero-order chi connectivity index (χ0) is 17.0. The van der Waals surface area contributed by atoms with Crippen molar-refractivity contribution in [1.82, 2.24) is 10.6 Å². The van der Waals surface area contributed by atoms with Crippen LogP contribution in [-0.2, 0) is 6.54 Å². The first-order chi connectivity index (χ1) is 10.9. The van der Waals surface area contributed by atoms with E-state index in [2.05, 4.69) is 10.6 Å². The van der Waals surface area contributed by atoms with Crippen molar-refractivity contribution in [1.29, 1.82) is 0 Å². The van der Waals surface area contributed by atoms with E-state index in [1.807, 2.05) is 0 Å². The van der Waals surface area contributed by atoms with Crippen molar-refractivity contribution in [2.45, 2.75) is 26.4 Å². The first-order valence-electron chi connectivity index (χ1n) is 7.11. The first kappa shape index (κ1) is 16.9. The molecule has 2 rings (SSSR count). The highest BCUT2D eigenvalue weighted by molar-refractivity contribution is 5.74. The van der Waals surface area contributed by atoms with Crippen molar-refractivity contribution in [3.63, 3.8) is 0 Å². The van der Waals surface area contributed by atoms with E-state index in [1.54, 1.807) is 26.0 Å². The summed E-state index contributed by atoms with van der Waals surface area (Å²) in [7, 11) is 0. The van der Waals surface area contributed by atoms with Crippen LogP contribution in [0.15, 0.2) is 36.4 Å². The predicted octanol–water partition coefficient (Wildman–Crippen LogP) is 3.97. The SMILES string of the molecule is Cc1ccc(CNC(=O)NC(C)c2ccc(F)c(F)c2)cc1F. The Hall–Kier alpha value is -2.50. The fraction of sp³-hybridized carbons (Fsp3) is 0.235. The number of nitrogens with one attached hydrogen (secondary N) is 2. The van der Waals surface area contributed by atoms with Gasteiger partial charge in [0, 0.05) is 6.54 Å². The predicted molar refractivity (Wildman–Crippen MR) is 81.3 cm³/mol. The number of urea groups is 1. The number of amides is 2. The second kappa shape index (κ2) is 7.17. The minimum atomic E-state index is -0.966. The molecule has 2 N–H and O–H groups in total. The van der Waals surface area contributed by atoms with Crippen molar-refractivity contribution in [2.24, 2.45) is 0 Å². The largest absolute Gasteiger partial charge is 0.334 e. The van der Waals surface area contributed by atoms with Crippen LogP contribution in [0.5, 0.6) is 0 Å². The van der Waals surface area contributed by atoms with Crippen LogP contribution in [0.25, 0.3) is 0 Å². The minimum Gasteiger partial charge on any atom is -0.334 e. The molecule has 0 spiro atoms. The molecule has 0 heterocycles. The fourth-order valence-electron chi connectivity index (χ4n) is 2.04. The quantitative estimate of drug-likeness (QED) is 0.878. The van der Waals surface area contributed by atoms with Crippen LogP contribution in [-0.4, -0.2) is 6.03 Å². The van der Waals surface area contributed by atoms with Crippen LogP contribution in [0.4, 0.5) is 18.0 Å². The Labute approximate surface area is 132 Å². The molecule has 3 nitrogen and oxygen atoms in total. The highest BCUT2D eigenvalue weighted by Crippen LogP contribution is 2.16. The van der Waals surface area contributed by atoms with Crippen molar-refractivity contribution in [3.05, 3.63) is 70.5 Å². The van der Waals surface area contributed by atoms with Gasteiger partial charge >= 0.3 is 6.03 Å². The highest BCUT2D eigenvalue weighted by atomic mass is 19.2. The zero-order valence-electron chi connectivity index (χ0n) is 12.8. The number of halogens is 3. The zero-order valence-corrected chi connectivity index (χ0v) is 12.8. The molecule has 2 aromatic rings. The molecule has 0 aliphatic heterocycles. The van der Waals surface area contributed by atoms with Crippen molar-refractivity contribution in [3.8, 4) is 0 Å². The summed E-state index contributed by atoms with van der Waals surface area (Å²) < 4.78 is 39.5. The number of hydrogen-bond donors (Lipinski definition) is 2. The minimum absolute atomic E-state index is 0.160. The van der Waals surface area contributed by atoms with Crippen LogP contribution < -0.4 is 10.6 Å². The number of carbonyl (C=O) groups is 1. The van der Waals surface area contributed by atoms with Gasteiger partial charge in [-0.3, -0.25) is 0 Å². The molecule has 1 unspecified atom stereocenters. The lowest BCUT2D eigenvalue weighted by Crippen LogP contribution is -2.36. The van der Waals surface area contributed by atoms with E-state index in [0.717, 1.165) is 12.1 Å². The van der Waals surface area contributed by atoms with E-state index in [4.69, 9.17) is 0 Å². The average Bonchev–Trinajstić information content (AvgIpc) is 2.51. The molecule has 0 aromatic heterocycles. The Kier molecular flexibility index (Phi) is 5.26. The summed E-state index contributed by atoms with van der Waals surface area (Å²) in [6.45, 7) is 3.47. The molecule has 0 radical (unpaired) electrons. The molecule has 6 heteroatoms. The van der Waals surface area contributed by atoms with Gasteiger partial charge in [0.15, 0.2) is 11.6 Å². The molecule has 0 saturated carbocycles. The summed E-state index contributed by atoms with van der Waals surface area (Å²) in [5.74, 6) is -2.24. The molecule has 0 saturated heterocycles. The third kappa shape index (κ3) is 4.48. The van der Waals surface area contributed by atoms with Gasteiger partial charge in [0.1, 0.15) is 5.82 Å². The van der Waals surface area contributed by atoms with Gasteiger partial charge in [0.2, 0.25) is 0 Å². The molecule has 2 aromatic carbocycles. The Balaban J connectivity index is 1.90. The van der Waals surface area contributed by atoms with E-state index >= 15 is 0 Å². The summed E-state index contributed by atoms with van der Waals surface area (Å²) in [5.41, 5.74) is 1.61. The molecule has 0 aliphatic rings. The van der Waals surface area contributed by atoms with E-state index in [-0.39, 0.29) is 12.4 Å². The number of carbonyl (C=O) groups excluding carboxylic acids is 1. The average molecular weight is 322 g/mol. The lowest BCUT2D eigenvalue weighted by molar-refractivity contribution is 0.237. The van der Waals surface area contributed by atoms with Crippen LogP contribution in [0.3, 0.4) is 0 Å². The third-order valence-corrected chi connectivity index (χ3v) is 3.48. The lowest BCUT2D eigenvalue weighted by Gasteiger charge is -2.15. The van der Waals surface area contributed by atoms with Crippen molar-refractivity contribution in [2.75, 3.05) is 0 Å². The smallest absolute Gasteiger partial charge is 0.315 e. The maximum atomic E-state index is 13.4. The number of aryl methyl sites for hydroxylation is 1. The van der Waals surface area contributed by atoms with E-state index in [9.17, 15) is 18.0 Å². The van der Waals surface area contributed by atoms with Gasteiger partial charge in [-0.25, -0.2) is 18.0 Å². The van der Waals surface area contributed by atoms with Crippen molar-refractivity contribution < 1.29 is 18.0 Å². The molecule has 2 amide bonds. The topological polar surface area (TPSA) is 41.1 Å². The number of hydrogen-bond acceptors (Lipinski definition) is 1. The van der Waals surface area contributed by atoms with Crippen LogP contribution in [0.1, 0.15) is 29.7 Å². The van der Waals surface area contributed by atoms with Gasteiger partial charge in [-0.05, 0) is 48.7 Å². The Morgan fingerprint density at radius 3 is 2.43 bits per heavy atom. The summed E-state index contributed by atoms with van der Waals surface area (Å²) in [6, 6.07) is 7.17. The second-order valence-electron chi connectivity index (χ2n) is 5.31. The lowest BCUT2D eigenvalue weighted by atomic mass is 10.1. The molecule has 1 atom stereocenters. The third-order valence-electron chi connectivity index (χ3n) is 3.48. The van der Waals surface area contributed by atoms with Gasteiger partial charge in [-0.1, -0.05) is 18.2 Å². The summed E-state index contributed by atoms with van der Waals surface area (Å²) in [4.78, 5) is 11.8. The Morgan fingerprint density at radius 2 is 1.78 bits per heavy atom. The monoisotopic (exact) mass is 322 g/mol. The summed E-state index contributed by atoms with van der Waals surface area (Å²) in [5, 5.41) is 5.19. The molecule has 0 fully saturated rings. The molecular weight excluding hydrogens is 305 g/mol. The van der Waals surface area contributed by atoms with Crippen LogP contribution in [0.2, 0.25) is 0 Å². The van der Waals surface area contributed by atoms with Gasteiger partial charge in [-0.15, -0.1) is 0 Å². The van der Waals surface area contributed by atoms with Gasteiger partial charge in [0.25, 0.3) is 0 Å². The number of benzene rings is 2. The van der Waals surface area contributed by atoms with E-state index < -0.39 is 23.7 Å². The van der Waals surface area contributed by atoms with Crippen molar-refractivity contribution >= 4 is 6.03 Å². The molecule has 122 valence electrons. The van der Waals surface area contributed by atoms with Gasteiger partial charge in [0.05, 0.1) is 6.04 Å². The van der Waals surface area contributed by atoms with E-state index in [0.29, 0.717) is 16.7 Å². The second-order valence-corrected chi connectivity index (χ2v) is 5.31. The fourth-order valence-corrected chi connectivity index (χ4v) is 2.04. The Bertz CT molecular complexity index is 719. The summed E-state index contributed by atoms with van der Waals surface area (Å²) in [6.07, 6.45) is 0. The first-order valence-corrected chi connectivity index (χ1v) is 7.11. The molecular formula is C17H17F3N2O.